The molecule has 11 nitrogen and oxygen atoms in total. The molecule has 0 fully saturated rings. The monoisotopic (exact) mass is 468 g/mol. The molecule has 0 spiro atoms. The van der Waals surface area contributed by atoms with Gasteiger partial charge in [0.25, 0.3) is 5.69 Å². The van der Waals surface area contributed by atoms with Crippen LogP contribution < -0.4 is 19.5 Å². The van der Waals surface area contributed by atoms with Crippen molar-refractivity contribution >= 4 is 21.4 Å². The van der Waals surface area contributed by atoms with Gasteiger partial charge in [-0.25, -0.2) is 13.1 Å². The molecule has 0 aliphatic rings. The van der Waals surface area contributed by atoms with Crippen LogP contribution in [0, 0.1) is 10.1 Å². The Kier molecular flexibility index (Phi) is 8.78. The molecule has 0 amide bonds. The fourth-order valence-electron chi connectivity index (χ4n) is 2.88. The number of nitrogens with zero attached hydrogens (tertiary/aromatic N) is 2. The molecular weight excluding hydrogens is 440 g/mol. The van der Waals surface area contributed by atoms with Crippen molar-refractivity contribution in [3.63, 3.8) is 0 Å². The van der Waals surface area contributed by atoms with Crippen LogP contribution in [0.1, 0.15) is 11.7 Å². The number of nitro groups is 1. The molecule has 32 heavy (non-hydrogen) atoms. The topological polar surface area (TPSA) is 143 Å². The van der Waals surface area contributed by atoms with Gasteiger partial charge in [0.05, 0.1) is 30.1 Å². The lowest BCUT2D eigenvalue weighted by molar-refractivity contribution is -0.384. The maximum absolute atomic E-state index is 12.4. The number of anilines is 1. The number of rotatable bonds is 12. The van der Waals surface area contributed by atoms with Crippen molar-refractivity contribution in [2.45, 2.75) is 11.0 Å². The maximum Gasteiger partial charge on any atom is 0.293 e. The molecule has 12 heteroatoms. The van der Waals surface area contributed by atoms with Crippen LogP contribution in [0.2, 0.25) is 0 Å². The number of aliphatic hydroxyl groups is 1. The fourth-order valence-corrected chi connectivity index (χ4v) is 3.92. The molecule has 3 N–H and O–H groups in total. The SMILES string of the molecule is COc1ccc(OC)c(C(O)CNc2ccc(S(=O)(=O)NCCN(C)C)cc2[N+](=O)[O-])c1. The zero-order valence-electron chi connectivity index (χ0n) is 18.4. The van der Waals surface area contributed by atoms with Crippen LogP contribution in [0.3, 0.4) is 0 Å². The van der Waals surface area contributed by atoms with Gasteiger partial charge in [0, 0.05) is 31.3 Å². The third-order valence-electron chi connectivity index (χ3n) is 4.61. The van der Waals surface area contributed by atoms with Crippen LogP contribution in [0.15, 0.2) is 41.3 Å². The van der Waals surface area contributed by atoms with Gasteiger partial charge in [0.2, 0.25) is 10.0 Å². The molecular formula is C20H28N4O7S. The highest BCUT2D eigenvalue weighted by molar-refractivity contribution is 7.89. The molecule has 1 unspecified atom stereocenters. The molecule has 0 aliphatic carbocycles. The molecule has 0 saturated carbocycles. The summed E-state index contributed by atoms with van der Waals surface area (Å²) in [6, 6.07) is 8.48. The first kappa shape index (κ1) is 25.3. The molecule has 2 aromatic rings. The molecule has 0 aliphatic heterocycles. The number of benzene rings is 2. The number of nitro benzene ring substituents is 1. The van der Waals surface area contributed by atoms with Gasteiger partial charge in [-0.1, -0.05) is 0 Å². The van der Waals surface area contributed by atoms with Crippen LogP contribution in [-0.2, 0) is 10.0 Å². The molecule has 0 radical (unpaired) electrons. The molecule has 0 bridgehead atoms. The van der Waals surface area contributed by atoms with E-state index in [-0.39, 0.29) is 23.7 Å². The molecule has 1 atom stereocenters. The highest BCUT2D eigenvalue weighted by atomic mass is 32.2. The van der Waals surface area contributed by atoms with E-state index in [9.17, 15) is 23.6 Å². The van der Waals surface area contributed by atoms with Crippen LogP contribution in [-0.4, -0.2) is 71.3 Å². The smallest absolute Gasteiger partial charge is 0.293 e. The van der Waals surface area contributed by atoms with Crippen LogP contribution in [0.25, 0.3) is 0 Å². The van der Waals surface area contributed by atoms with Crippen LogP contribution in [0.4, 0.5) is 11.4 Å². The molecule has 0 heterocycles. The average molecular weight is 469 g/mol. The molecule has 176 valence electrons. The quantitative estimate of drug-likeness (QED) is 0.312. The highest BCUT2D eigenvalue weighted by Crippen LogP contribution is 2.31. The summed E-state index contributed by atoms with van der Waals surface area (Å²) in [5, 5.41) is 24.9. The number of likely N-dealkylation sites (N-methyl/N-ethyl adjacent to an activating group) is 1. The predicted octanol–water partition coefficient (Wildman–Crippen LogP) is 1.60. The van der Waals surface area contributed by atoms with Crippen molar-refractivity contribution in [2.24, 2.45) is 0 Å². The predicted molar refractivity (Wildman–Crippen MR) is 120 cm³/mol. The lowest BCUT2D eigenvalue weighted by Crippen LogP contribution is -2.31. The van der Waals surface area contributed by atoms with Crippen molar-refractivity contribution in [2.75, 3.05) is 53.3 Å². The van der Waals surface area contributed by atoms with Gasteiger partial charge in [-0.05, 0) is 44.4 Å². The Hall–Kier alpha value is -2.93. The van der Waals surface area contributed by atoms with Crippen molar-refractivity contribution in [3.05, 3.63) is 52.1 Å². The summed E-state index contributed by atoms with van der Waals surface area (Å²) in [6.45, 7) is 0.557. The third-order valence-corrected chi connectivity index (χ3v) is 6.07. The second kappa shape index (κ2) is 11.1. The number of aliphatic hydroxyl groups excluding tert-OH is 1. The first-order chi connectivity index (χ1) is 15.1. The number of hydrogen-bond acceptors (Lipinski definition) is 9. The summed E-state index contributed by atoms with van der Waals surface area (Å²) >= 11 is 0. The van der Waals surface area contributed by atoms with E-state index in [1.807, 2.05) is 0 Å². The minimum atomic E-state index is -3.91. The van der Waals surface area contributed by atoms with Crippen molar-refractivity contribution < 1.29 is 27.9 Å². The van der Waals surface area contributed by atoms with Gasteiger partial charge < -0.3 is 24.8 Å². The minimum absolute atomic E-state index is 0.0724. The normalized spacial score (nSPS) is 12.4. The second-order valence-corrected chi connectivity index (χ2v) is 8.91. The van der Waals surface area contributed by atoms with Gasteiger partial charge in [-0.3, -0.25) is 10.1 Å². The Balaban J connectivity index is 2.21. The first-order valence-corrected chi connectivity index (χ1v) is 11.1. The summed E-state index contributed by atoms with van der Waals surface area (Å²) < 4.78 is 37.7. The van der Waals surface area contributed by atoms with E-state index in [4.69, 9.17) is 9.47 Å². The zero-order valence-corrected chi connectivity index (χ0v) is 19.2. The van der Waals surface area contributed by atoms with Crippen molar-refractivity contribution in [1.82, 2.24) is 9.62 Å². The number of nitrogens with one attached hydrogen (secondary N) is 2. The van der Waals surface area contributed by atoms with Gasteiger partial charge in [0.15, 0.2) is 0 Å². The van der Waals surface area contributed by atoms with Gasteiger partial charge in [-0.2, -0.15) is 0 Å². The summed E-state index contributed by atoms with van der Waals surface area (Å²) in [7, 11) is 2.64. The minimum Gasteiger partial charge on any atom is -0.497 e. The van der Waals surface area contributed by atoms with E-state index in [0.29, 0.717) is 23.6 Å². The fraction of sp³-hybridized carbons (Fsp3) is 0.400. The Bertz CT molecular complexity index is 1040. The lowest BCUT2D eigenvalue weighted by atomic mass is 10.1. The Morgan fingerprint density at radius 1 is 1.16 bits per heavy atom. The summed E-state index contributed by atoms with van der Waals surface area (Å²) in [5.74, 6) is 0.946. The molecule has 0 saturated heterocycles. The third kappa shape index (κ3) is 6.53. The van der Waals surface area contributed by atoms with Gasteiger partial charge in [-0.15, -0.1) is 0 Å². The Labute approximate surface area is 187 Å². The van der Waals surface area contributed by atoms with Crippen molar-refractivity contribution in [3.8, 4) is 11.5 Å². The molecule has 2 rings (SSSR count). The summed E-state index contributed by atoms with van der Waals surface area (Å²) in [4.78, 5) is 12.5. The standard InChI is InChI=1S/C20H28N4O7S/c1-23(2)10-9-22-32(28,29)15-6-7-17(18(12-15)24(26)27)21-13-19(25)16-11-14(30-3)5-8-20(16)31-4/h5-8,11-12,19,21-22,25H,9-10,13H2,1-4H3. The van der Waals surface area contributed by atoms with E-state index in [1.165, 1.54) is 26.4 Å². The van der Waals surface area contributed by atoms with Gasteiger partial charge >= 0.3 is 0 Å². The first-order valence-electron chi connectivity index (χ1n) is 9.65. The number of hydrogen-bond donors (Lipinski definition) is 3. The summed E-state index contributed by atoms with van der Waals surface area (Å²) in [6.07, 6.45) is -1.07. The Morgan fingerprint density at radius 3 is 2.47 bits per heavy atom. The van der Waals surface area contributed by atoms with E-state index in [1.54, 1.807) is 37.2 Å². The Morgan fingerprint density at radius 2 is 1.88 bits per heavy atom. The number of ether oxygens (including phenoxy) is 2. The number of sulfonamides is 1. The van der Waals surface area contributed by atoms with Gasteiger partial charge in [0.1, 0.15) is 17.2 Å². The van der Waals surface area contributed by atoms with Crippen molar-refractivity contribution in [1.29, 1.82) is 0 Å². The maximum atomic E-state index is 12.4. The number of methoxy groups -OCH3 is 2. The van der Waals surface area contributed by atoms with E-state index >= 15 is 0 Å². The van der Waals surface area contributed by atoms with Crippen LogP contribution >= 0.6 is 0 Å². The lowest BCUT2D eigenvalue weighted by Gasteiger charge is -2.17. The summed E-state index contributed by atoms with van der Waals surface area (Å²) in [5.41, 5.74) is 0.0831. The molecule has 2 aromatic carbocycles. The zero-order chi connectivity index (χ0) is 23.9. The molecule has 0 aromatic heterocycles. The van der Waals surface area contributed by atoms with Crippen LogP contribution in [0.5, 0.6) is 11.5 Å². The van der Waals surface area contributed by atoms with E-state index < -0.39 is 26.7 Å². The largest absolute Gasteiger partial charge is 0.497 e. The second-order valence-electron chi connectivity index (χ2n) is 7.14. The average Bonchev–Trinajstić information content (AvgIpc) is 2.76. The van der Waals surface area contributed by atoms with E-state index in [0.717, 1.165) is 6.07 Å². The van der Waals surface area contributed by atoms with E-state index in [2.05, 4.69) is 10.0 Å². The highest BCUT2D eigenvalue weighted by Gasteiger charge is 2.22.